The monoisotopic (exact) mass is 383 g/mol. The molecule has 3 aromatic rings. The van der Waals surface area contributed by atoms with E-state index in [2.05, 4.69) is 11.1 Å². The second-order valence-electron chi connectivity index (χ2n) is 7.06. The first kappa shape index (κ1) is 18.7. The smallest absolute Gasteiger partial charge is 0.234 e. The molecule has 1 atom stereocenters. The molecule has 0 radical (unpaired) electrons. The molecule has 1 unspecified atom stereocenters. The van der Waals surface area contributed by atoms with Crippen LogP contribution in [0, 0.1) is 11.3 Å². The Morgan fingerprint density at radius 1 is 1.07 bits per heavy atom. The van der Waals surface area contributed by atoms with E-state index in [1.54, 1.807) is 18.3 Å². The summed E-state index contributed by atoms with van der Waals surface area (Å²) >= 11 is 0. The molecule has 0 aliphatic carbocycles. The van der Waals surface area contributed by atoms with E-state index in [1.165, 1.54) is 0 Å². The van der Waals surface area contributed by atoms with Gasteiger partial charge in [-0.1, -0.05) is 60.7 Å². The van der Waals surface area contributed by atoms with Gasteiger partial charge >= 0.3 is 0 Å². The topological polar surface area (TPSA) is 66.2 Å². The van der Waals surface area contributed by atoms with E-state index in [-0.39, 0.29) is 17.9 Å². The van der Waals surface area contributed by atoms with Crippen LogP contribution in [0.2, 0.25) is 0 Å². The lowest BCUT2D eigenvalue weighted by molar-refractivity contribution is -0.131. The molecule has 5 heteroatoms. The third-order valence-corrected chi connectivity index (χ3v) is 5.12. The van der Waals surface area contributed by atoms with E-state index < -0.39 is 0 Å². The van der Waals surface area contributed by atoms with Crippen LogP contribution < -0.4 is 4.74 Å². The van der Waals surface area contributed by atoms with Gasteiger partial charge < -0.3 is 9.64 Å². The number of carbonyl (C=O) groups is 1. The number of rotatable bonds is 5. The van der Waals surface area contributed by atoms with Crippen molar-refractivity contribution in [3.63, 3.8) is 0 Å². The van der Waals surface area contributed by atoms with Crippen LogP contribution in [0.25, 0.3) is 0 Å². The summed E-state index contributed by atoms with van der Waals surface area (Å²) in [5.74, 6) is 0.162. The molecule has 1 aliphatic heterocycles. The SMILES string of the molecule is N#Cc1ccnc(OC2CCN(C(=O)C(c3ccccc3)c3ccccc3)C2)c1. The van der Waals surface area contributed by atoms with Crippen LogP contribution in [0.5, 0.6) is 5.88 Å². The highest BCUT2D eigenvalue weighted by atomic mass is 16.5. The maximum Gasteiger partial charge on any atom is 0.234 e. The Bertz CT molecular complexity index is 976. The van der Waals surface area contributed by atoms with Crippen molar-refractivity contribution < 1.29 is 9.53 Å². The molecule has 1 aliphatic rings. The molecule has 0 spiro atoms. The Morgan fingerprint density at radius 2 is 1.72 bits per heavy atom. The largest absolute Gasteiger partial charge is 0.472 e. The molecule has 2 aromatic carbocycles. The third-order valence-electron chi connectivity index (χ3n) is 5.12. The van der Waals surface area contributed by atoms with E-state index >= 15 is 0 Å². The number of likely N-dealkylation sites (tertiary alicyclic amines) is 1. The van der Waals surface area contributed by atoms with Gasteiger partial charge in [0.2, 0.25) is 11.8 Å². The third kappa shape index (κ3) is 4.27. The zero-order chi connectivity index (χ0) is 20.1. The van der Waals surface area contributed by atoms with Crippen molar-refractivity contribution in [3.8, 4) is 11.9 Å². The maximum atomic E-state index is 13.5. The van der Waals surface area contributed by atoms with Gasteiger partial charge in [0.05, 0.1) is 24.1 Å². The summed E-state index contributed by atoms with van der Waals surface area (Å²) < 4.78 is 5.93. The minimum Gasteiger partial charge on any atom is -0.472 e. The van der Waals surface area contributed by atoms with Crippen LogP contribution in [0.4, 0.5) is 0 Å². The molecule has 5 nitrogen and oxygen atoms in total. The standard InChI is InChI=1S/C24H21N3O2/c25-16-18-11-13-26-22(15-18)29-21-12-14-27(17-21)24(28)23(19-7-3-1-4-8-19)20-9-5-2-6-10-20/h1-11,13,15,21,23H,12,14,17H2. The van der Waals surface area contributed by atoms with Gasteiger partial charge in [-0.05, 0) is 17.2 Å². The summed E-state index contributed by atoms with van der Waals surface area (Å²) in [4.78, 5) is 19.5. The maximum absolute atomic E-state index is 13.5. The lowest BCUT2D eigenvalue weighted by Crippen LogP contribution is -2.35. The molecule has 0 N–H and O–H groups in total. The number of nitrogens with zero attached hydrogens (tertiary/aromatic N) is 3. The van der Waals surface area contributed by atoms with Crippen LogP contribution in [0.3, 0.4) is 0 Å². The van der Waals surface area contributed by atoms with Crippen molar-refractivity contribution in [3.05, 3.63) is 95.7 Å². The first-order chi connectivity index (χ1) is 14.2. The summed E-state index contributed by atoms with van der Waals surface area (Å²) in [6, 6.07) is 25.1. The summed E-state index contributed by atoms with van der Waals surface area (Å²) in [7, 11) is 0. The van der Waals surface area contributed by atoms with Gasteiger partial charge in [0.1, 0.15) is 6.10 Å². The number of amides is 1. The van der Waals surface area contributed by atoms with Gasteiger partial charge in [-0.2, -0.15) is 5.26 Å². The fraction of sp³-hybridized carbons (Fsp3) is 0.208. The number of nitriles is 1. The predicted molar refractivity (Wildman–Crippen MR) is 109 cm³/mol. The number of aromatic nitrogens is 1. The Kier molecular flexibility index (Phi) is 5.53. The Morgan fingerprint density at radius 3 is 2.34 bits per heavy atom. The van der Waals surface area contributed by atoms with Crippen LogP contribution in [-0.4, -0.2) is 35.0 Å². The van der Waals surface area contributed by atoms with Crippen molar-refractivity contribution >= 4 is 5.91 Å². The van der Waals surface area contributed by atoms with Gasteiger partial charge in [-0.25, -0.2) is 4.98 Å². The molecule has 1 amide bonds. The Balaban J connectivity index is 1.51. The van der Waals surface area contributed by atoms with Crippen LogP contribution in [0.1, 0.15) is 29.0 Å². The van der Waals surface area contributed by atoms with Gasteiger partial charge in [0.15, 0.2) is 0 Å². The number of pyridine rings is 1. The number of benzene rings is 2. The molecule has 2 heterocycles. The summed E-state index contributed by atoms with van der Waals surface area (Å²) in [5, 5.41) is 9.03. The number of hydrogen-bond acceptors (Lipinski definition) is 4. The fourth-order valence-electron chi connectivity index (χ4n) is 3.69. The van der Waals surface area contributed by atoms with Gasteiger partial charge in [-0.15, -0.1) is 0 Å². The Hall–Kier alpha value is -3.65. The predicted octanol–water partition coefficient (Wildman–Crippen LogP) is 3.77. The highest BCUT2D eigenvalue weighted by molar-refractivity contribution is 5.87. The van der Waals surface area contributed by atoms with Crippen molar-refractivity contribution in [1.82, 2.24) is 9.88 Å². The summed E-state index contributed by atoms with van der Waals surface area (Å²) in [6.07, 6.45) is 2.17. The highest BCUT2D eigenvalue weighted by Crippen LogP contribution is 2.29. The van der Waals surface area contributed by atoms with E-state index in [0.717, 1.165) is 17.5 Å². The molecular formula is C24H21N3O2. The number of ether oxygens (including phenoxy) is 1. The Labute approximate surface area is 170 Å². The van der Waals surface area contributed by atoms with E-state index in [0.29, 0.717) is 24.5 Å². The molecular weight excluding hydrogens is 362 g/mol. The van der Waals surface area contributed by atoms with Crippen LogP contribution in [0.15, 0.2) is 79.0 Å². The number of carbonyl (C=O) groups excluding carboxylic acids is 1. The van der Waals surface area contributed by atoms with E-state index in [4.69, 9.17) is 10.00 Å². The molecule has 144 valence electrons. The zero-order valence-corrected chi connectivity index (χ0v) is 15.9. The van der Waals surface area contributed by atoms with Crippen molar-refractivity contribution in [2.45, 2.75) is 18.4 Å². The average Bonchev–Trinajstić information content (AvgIpc) is 3.24. The zero-order valence-electron chi connectivity index (χ0n) is 15.9. The highest BCUT2D eigenvalue weighted by Gasteiger charge is 2.33. The molecule has 4 rings (SSSR count). The van der Waals surface area contributed by atoms with Gasteiger partial charge in [0, 0.05) is 25.2 Å². The van der Waals surface area contributed by atoms with Crippen LogP contribution >= 0.6 is 0 Å². The van der Waals surface area contributed by atoms with Gasteiger partial charge in [0.25, 0.3) is 0 Å². The normalized spacial score (nSPS) is 15.9. The lowest BCUT2D eigenvalue weighted by Gasteiger charge is -2.24. The van der Waals surface area contributed by atoms with Crippen molar-refractivity contribution in [1.29, 1.82) is 5.26 Å². The quantitative estimate of drug-likeness (QED) is 0.673. The molecule has 0 bridgehead atoms. The summed E-state index contributed by atoms with van der Waals surface area (Å²) in [5.41, 5.74) is 2.47. The lowest BCUT2D eigenvalue weighted by atomic mass is 9.90. The fourth-order valence-corrected chi connectivity index (χ4v) is 3.69. The molecule has 29 heavy (non-hydrogen) atoms. The van der Waals surface area contributed by atoms with E-state index in [9.17, 15) is 4.79 Å². The van der Waals surface area contributed by atoms with Crippen molar-refractivity contribution in [2.75, 3.05) is 13.1 Å². The second kappa shape index (κ2) is 8.57. The van der Waals surface area contributed by atoms with Crippen molar-refractivity contribution in [2.24, 2.45) is 0 Å². The average molecular weight is 383 g/mol. The molecule has 1 aromatic heterocycles. The van der Waals surface area contributed by atoms with Crippen LogP contribution in [-0.2, 0) is 4.79 Å². The number of hydrogen-bond donors (Lipinski definition) is 0. The summed E-state index contributed by atoms with van der Waals surface area (Å²) in [6.45, 7) is 1.14. The minimum absolute atomic E-state index is 0.0761. The van der Waals surface area contributed by atoms with Gasteiger partial charge in [-0.3, -0.25) is 4.79 Å². The molecule has 1 fully saturated rings. The minimum atomic E-state index is -0.337. The molecule has 0 saturated carbocycles. The molecule has 1 saturated heterocycles. The second-order valence-corrected chi connectivity index (χ2v) is 7.06. The van der Waals surface area contributed by atoms with E-state index in [1.807, 2.05) is 65.6 Å². The first-order valence-corrected chi connectivity index (χ1v) is 9.66. The first-order valence-electron chi connectivity index (χ1n) is 9.66.